The van der Waals surface area contributed by atoms with E-state index in [1.54, 1.807) is 19.2 Å². The van der Waals surface area contributed by atoms with Crippen molar-refractivity contribution < 1.29 is 19.0 Å². The van der Waals surface area contributed by atoms with E-state index in [0.717, 1.165) is 0 Å². The highest BCUT2D eigenvalue weighted by atomic mass is 19.1. The van der Waals surface area contributed by atoms with Crippen LogP contribution in [0.1, 0.15) is 6.42 Å². The van der Waals surface area contributed by atoms with Gasteiger partial charge in [0.05, 0.1) is 18.4 Å². The molecule has 0 heterocycles. The zero-order valence-electron chi connectivity index (χ0n) is 11.8. The van der Waals surface area contributed by atoms with Gasteiger partial charge in [-0.15, -0.1) is 0 Å². The van der Waals surface area contributed by atoms with E-state index in [1.165, 1.54) is 19.2 Å². The van der Waals surface area contributed by atoms with Crippen molar-refractivity contribution in [3.05, 3.63) is 30.1 Å². The van der Waals surface area contributed by atoms with Gasteiger partial charge in [0.1, 0.15) is 5.82 Å². The maximum absolute atomic E-state index is 13.3. The SMILES string of the molecule is COCC(O)CN(C)CCC(=O)Nc1ccccc1F. The first-order chi connectivity index (χ1) is 9.52. The summed E-state index contributed by atoms with van der Waals surface area (Å²) >= 11 is 0. The van der Waals surface area contributed by atoms with Gasteiger partial charge in [0.2, 0.25) is 5.91 Å². The van der Waals surface area contributed by atoms with Crippen molar-refractivity contribution >= 4 is 11.6 Å². The number of carbonyl (C=O) groups is 1. The number of hydrogen-bond acceptors (Lipinski definition) is 4. The van der Waals surface area contributed by atoms with Crippen LogP contribution in [0.4, 0.5) is 10.1 Å². The number of likely N-dealkylation sites (N-methyl/N-ethyl adjacent to an activating group) is 1. The highest BCUT2D eigenvalue weighted by molar-refractivity contribution is 5.90. The lowest BCUT2D eigenvalue weighted by Crippen LogP contribution is -2.33. The molecule has 2 N–H and O–H groups in total. The minimum absolute atomic E-state index is 0.180. The van der Waals surface area contributed by atoms with Crippen LogP contribution in [-0.2, 0) is 9.53 Å². The van der Waals surface area contributed by atoms with Crippen LogP contribution in [0.2, 0.25) is 0 Å². The molecule has 0 aliphatic rings. The summed E-state index contributed by atoms with van der Waals surface area (Å²) in [5.74, 6) is -0.715. The number of methoxy groups -OCH3 is 1. The fourth-order valence-corrected chi connectivity index (χ4v) is 1.76. The average molecular weight is 284 g/mol. The number of para-hydroxylation sites is 1. The van der Waals surface area contributed by atoms with Crippen LogP contribution in [0.15, 0.2) is 24.3 Å². The van der Waals surface area contributed by atoms with Crippen LogP contribution in [0.25, 0.3) is 0 Å². The molecule has 0 saturated carbocycles. The fraction of sp³-hybridized carbons (Fsp3) is 0.500. The van der Waals surface area contributed by atoms with Gasteiger partial charge in [0.25, 0.3) is 0 Å². The molecule has 5 nitrogen and oxygen atoms in total. The van der Waals surface area contributed by atoms with E-state index in [0.29, 0.717) is 13.1 Å². The Kier molecular flexibility index (Phi) is 7.14. The van der Waals surface area contributed by atoms with Crippen LogP contribution >= 0.6 is 0 Å². The van der Waals surface area contributed by atoms with Gasteiger partial charge in [-0.2, -0.15) is 0 Å². The normalized spacial score (nSPS) is 12.4. The number of amides is 1. The molecule has 1 unspecified atom stereocenters. The van der Waals surface area contributed by atoms with Gasteiger partial charge < -0.3 is 20.1 Å². The van der Waals surface area contributed by atoms with E-state index in [4.69, 9.17) is 4.74 Å². The zero-order valence-corrected chi connectivity index (χ0v) is 11.8. The number of rotatable bonds is 8. The van der Waals surface area contributed by atoms with Gasteiger partial charge in [-0.3, -0.25) is 4.79 Å². The maximum atomic E-state index is 13.3. The molecule has 1 amide bonds. The molecule has 6 heteroatoms. The largest absolute Gasteiger partial charge is 0.389 e. The van der Waals surface area contributed by atoms with Gasteiger partial charge in [0.15, 0.2) is 0 Å². The molecule has 0 bridgehead atoms. The van der Waals surface area contributed by atoms with E-state index < -0.39 is 11.9 Å². The molecular formula is C14H21FN2O3. The van der Waals surface area contributed by atoms with E-state index in [-0.39, 0.29) is 24.6 Å². The molecule has 0 aromatic heterocycles. The van der Waals surface area contributed by atoms with E-state index in [9.17, 15) is 14.3 Å². The number of benzene rings is 1. The second-order valence-electron chi connectivity index (χ2n) is 4.65. The first-order valence-corrected chi connectivity index (χ1v) is 6.43. The molecule has 20 heavy (non-hydrogen) atoms. The molecule has 0 aliphatic heterocycles. The van der Waals surface area contributed by atoms with Crippen LogP contribution in [0.3, 0.4) is 0 Å². The van der Waals surface area contributed by atoms with Crippen molar-refractivity contribution in [1.82, 2.24) is 4.90 Å². The van der Waals surface area contributed by atoms with E-state index in [1.807, 2.05) is 4.90 Å². The van der Waals surface area contributed by atoms with Crippen molar-refractivity contribution in [2.75, 3.05) is 39.2 Å². The molecule has 0 fully saturated rings. The topological polar surface area (TPSA) is 61.8 Å². The molecule has 1 aromatic carbocycles. The number of carbonyl (C=O) groups excluding carboxylic acids is 1. The summed E-state index contributed by atoms with van der Waals surface area (Å²) < 4.78 is 18.2. The Bertz CT molecular complexity index is 429. The lowest BCUT2D eigenvalue weighted by molar-refractivity contribution is -0.116. The van der Waals surface area contributed by atoms with Gasteiger partial charge in [-0.25, -0.2) is 4.39 Å². The standard InChI is InChI=1S/C14H21FN2O3/c1-17(9-11(18)10-20-2)8-7-14(19)16-13-6-4-3-5-12(13)15/h3-6,11,18H,7-10H2,1-2H3,(H,16,19). The number of ether oxygens (including phenoxy) is 1. The monoisotopic (exact) mass is 284 g/mol. The quantitative estimate of drug-likeness (QED) is 0.750. The molecule has 0 radical (unpaired) electrons. The smallest absolute Gasteiger partial charge is 0.225 e. The molecule has 0 aliphatic carbocycles. The number of halogens is 1. The van der Waals surface area contributed by atoms with E-state index >= 15 is 0 Å². The summed E-state index contributed by atoms with van der Waals surface area (Å²) in [6.07, 6.45) is -0.357. The maximum Gasteiger partial charge on any atom is 0.225 e. The van der Waals surface area contributed by atoms with Gasteiger partial charge >= 0.3 is 0 Å². The summed E-state index contributed by atoms with van der Waals surface area (Å²) in [6, 6.07) is 6.03. The summed E-state index contributed by atoms with van der Waals surface area (Å²) in [7, 11) is 3.32. The number of aliphatic hydroxyl groups excluding tert-OH is 1. The summed E-state index contributed by atoms with van der Waals surface area (Å²) in [6.45, 7) is 1.15. The third-order valence-electron chi connectivity index (χ3n) is 2.75. The number of nitrogens with zero attached hydrogens (tertiary/aromatic N) is 1. The minimum atomic E-state index is -0.584. The van der Waals surface area contributed by atoms with Crippen LogP contribution in [0, 0.1) is 5.82 Å². The molecular weight excluding hydrogens is 263 g/mol. The average Bonchev–Trinajstić information content (AvgIpc) is 2.39. The minimum Gasteiger partial charge on any atom is -0.389 e. The van der Waals surface area contributed by atoms with Crippen LogP contribution in [-0.4, -0.2) is 55.9 Å². The molecule has 0 spiro atoms. The Balaban J connectivity index is 2.31. The Morgan fingerprint density at radius 1 is 1.50 bits per heavy atom. The van der Waals surface area contributed by atoms with Gasteiger partial charge in [-0.05, 0) is 19.2 Å². The number of nitrogens with one attached hydrogen (secondary N) is 1. The molecule has 1 rings (SSSR count). The summed E-state index contributed by atoms with van der Waals surface area (Å²) in [5.41, 5.74) is 0.180. The predicted molar refractivity (Wildman–Crippen MR) is 75.0 cm³/mol. The van der Waals surface area contributed by atoms with Crippen LogP contribution in [0.5, 0.6) is 0 Å². The number of anilines is 1. The molecule has 0 saturated heterocycles. The van der Waals surface area contributed by atoms with Crippen LogP contribution < -0.4 is 5.32 Å². The predicted octanol–water partition coefficient (Wildman–Crippen LogP) is 1.09. The van der Waals surface area contributed by atoms with Crippen molar-refractivity contribution in [1.29, 1.82) is 0 Å². The lowest BCUT2D eigenvalue weighted by Gasteiger charge is -2.19. The Hall–Kier alpha value is -1.50. The number of aliphatic hydroxyl groups is 1. The Labute approximate surface area is 118 Å². The van der Waals surface area contributed by atoms with Crippen molar-refractivity contribution in [2.45, 2.75) is 12.5 Å². The second kappa shape index (κ2) is 8.63. The first kappa shape index (κ1) is 16.6. The molecule has 1 aromatic rings. The zero-order chi connectivity index (χ0) is 15.0. The highest BCUT2D eigenvalue weighted by Gasteiger charge is 2.10. The summed E-state index contributed by atoms with van der Waals surface area (Å²) in [5, 5.41) is 12.1. The summed E-state index contributed by atoms with van der Waals surface area (Å²) in [4.78, 5) is 13.5. The highest BCUT2D eigenvalue weighted by Crippen LogP contribution is 2.12. The third kappa shape index (κ3) is 6.10. The van der Waals surface area contributed by atoms with Gasteiger partial charge in [-0.1, -0.05) is 12.1 Å². The van der Waals surface area contributed by atoms with Crippen molar-refractivity contribution in [2.24, 2.45) is 0 Å². The van der Waals surface area contributed by atoms with Crippen molar-refractivity contribution in [3.63, 3.8) is 0 Å². The lowest BCUT2D eigenvalue weighted by atomic mass is 10.3. The molecule has 1 atom stereocenters. The Morgan fingerprint density at radius 2 is 2.20 bits per heavy atom. The second-order valence-corrected chi connectivity index (χ2v) is 4.65. The first-order valence-electron chi connectivity index (χ1n) is 6.43. The third-order valence-corrected chi connectivity index (χ3v) is 2.75. The van der Waals surface area contributed by atoms with Gasteiger partial charge in [0, 0.05) is 26.6 Å². The number of hydrogen-bond donors (Lipinski definition) is 2. The Morgan fingerprint density at radius 3 is 2.85 bits per heavy atom. The van der Waals surface area contributed by atoms with Crippen molar-refractivity contribution in [3.8, 4) is 0 Å². The van der Waals surface area contributed by atoms with E-state index in [2.05, 4.69) is 5.32 Å². The fourth-order valence-electron chi connectivity index (χ4n) is 1.76. The molecule has 112 valence electrons.